The van der Waals surface area contributed by atoms with E-state index in [1.807, 2.05) is 0 Å². The van der Waals surface area contributed by atoms with E-state index in [0.29, 0.717) is 0 Å². The first-order chi connectivity index (χ1) is 26.9. The van der Waals surface area contributed by atoms with Gasteiger partial charge < -0.3 is 102 Å². The molecular weight excluding hydrogens is 1170 g/mol. The van der Waals surface area contributed by atoms with E-state index in [1.54, 1.807) is 138 Å². The summed E-state index contributed by atoms with van der Waals surface area (Å²) in [5.74, 6) is 0. The number of hydrogen-bond donors (Lipinski definition) is 0. The van der Waals surface area contributed by atoms with E-state index in [9.17, 15) is 51.1 Å². The normalized spacial score (nSPS) is 7.97. The third kappa shape index (κ3) is 4990. The van der Waals surface area contributed by atoms with E-state index in [4.69, 9.17) is 51.1 Å². The fourth-order valence-corrected chi connectivity index (χ4v) is 0. The molecule has 0 bridgehead atoms. The Morgan fingerprint density at radius 3 is 0.172 bits per heavy atom. The molecule has 0 saturated heterocycles. The zero-order valence-electron chi connectivity index (χ0n) is 42.8. The first kappa shape index (κ1) is 126. The quantitative estimate of drug-likeness (QED) is 0.231. The van der Waals surface area contributed by atoms with Gasteiger partial charge in [0.05, 0.1) is 0 Å². The maximum absolute atomic E-state index is 9.53. The first-order valence-corrected chi connectivity index (χ1v) is 19.3. The molecule has 0 unspecified atom stereocenters. The SMILES string of the molecule is CC(C)[O-].CC(C)[O-].CC(C)[O-].CC(C)[O-].CC(C)[O-].CC(C)[O-].CC(C)[O-].CC(C)[O-].CC(C)[O-].CC(C)[O-].[Nb+5].[Nb+5].[Nb+5].[Nb+5].[O-]CC[O-].[O-]CC[O-].[O-]CC[O-].[O-]CC[O-].[O-]CC[O-]. The largest absolute Gasteiger partial charge is 5.00 e. The molecule has 0 aromatic carbocycles. The molecule has 0 rings (SSSR count). The van der Waals surface area contributed by atoms with Crippen molar-refractivity contribution < 1.29 is 192 Å². The molecule has 0 amide bonds. The van der Waals surface area contributed by atoms with Crippen LogP contribution in [0.1, 0.15) is 138 Å². The summed E-state index contributed by atoms with van der Waals surface area (Å²) in [5.41, 5.74) is 0. The maximum atomic E-state index is 9.53. The average Bonchev–Trinajstić information content (AvgIpc) is 3.02. The number of hydrogen-bond acceptors (Lipinski definition) is 20. The van der Waals surface area contributed by atoms with E-state index >= 15 is 0 Å². The van der Waals surface area contributed by atoms with Crippen molar-refractivity contribution in [1.82, 2.24) is 0 Å². The van der Waals surface area contributed by atoms with Crippen LogP contribution in [0.5, 0.6) is 0 Å². The van der Waals surface area contributed by atoms with Crippen molar-refractivity contribution in [1.29, 1.82) is 0 Å². The Kier molecular flexibility index (Phi) is 298. The molecule has 0 fully saturated rings. The average molecular weight is 1260 g/mol. The van der Waals surface area contributed by atoms with E-state index < -0.39 is 127 Å². The Morgan fingerprint density at radius 1 is 0.156 bits per heavy atom. The molecular formula is C40H90Nb4O20. The standard InChI is InChI=1S/10C3H7O.5C2H4O2.4Nb/c10*1-3(2)4;5*3-1-2-4;;;;/h10*3H,1-2H3;5*1-2H2;;;;/q10*-1;5*-2;4*+5. The van der Waals surface area contributed by atoms with Crippen molar-refractivity contribution in [2.75, 3.05) is 66.1 Å². The van der Waals surface area contributed by atoms with Crippen LogP contribution in [-0.2, 0) is 89.5 Å². The van der Waals surface area contributed by atoms with Crippen molar-refractivity contribution in [3.05, 3.63) is 0 Å². The Bertz CT molecular complexity index is 322. The Labute approximate surface area is 453 Å². The van der Waals surface area contributed by atoms with Gasteiger partial charge in [0.2, 0.25) is 0 Å². The van der Waals surface area contributed by atoms with Crippen molar-refractivity contribution in [3.8, 4) is 0 Å². The summed E-state index contributed by atoms with van der Waals surface area (Å²) in [6, 6.07) is 0. The van der Waals surface area contributed by atoms with Gasteiger partial charge >= 0.3 is 89.5 Å². The van der Waals surface area contributed by atoms with Crippen LogP contribution >= 0.6 is 0 Å². The van der Waals surface area contributed by atoms with Crippen molar-refractivity contribution in [2.24, 2.45) is 0 Å². The molecule has 0 heterocycles. The smallest absolute Gasteiger partial charge is 0.855 e. The molecule has 0 radical (unpaired) electrons. The zero-order valence-corrected chi connectivity index (χ0v) is 51.6. The second-order valence-corrected chi connectivity index (χ2v) is 12.5. The molecule has 0 aromatic heterocycles. The maximum Gasteiger partial charge on any atom is 5.00 e. The summed E-state index contributed by atoms with van der Waals surface area (Å²) >= 11 is 0. The second kappa shape index (κ2) is 151. The van der Waals surface area contributed by atoms with Gasteiger partial charge in [-0.2, -0.15) is 66.1 Å². The van der Waals surface area contributed by atoms with Crippen LogP contribution in [-0.4, -0.2) is 127 Å². The molecule has 0 aliphatic heterocycles. The third-order valence-electron chi connectivity index (χ3n) is 0.417. The molecule has 0 aliphatic rings. The van der Waals surface area contributed by atoms with Crippen LogP contribution in [0.15, 0.2) is 0 Å². The molecule has 0 aliphatic carbocycles. The summed E-state index contributed by atoms with van der Waals surface area (Å²) in [5, 5.41) is 185. The summed E-state index contributed by atoms with van der Waals surface area (Å²) < 4.78 is 0. The van der Waals surface area contributed by atoms with Crippen molar-refractivity contribution in [2.45, 2.75) is 200 Å². The second-order valence-electron chi connectivity index (χ2n) is 12.5. The van der Waals surface area contributed by atoms with Crippen LogP contribution in [0.2, 0.25) is 0 Å². The molecule has 20 nitrogen and oxygen atoms in total. The summed E-state index contributed by atoms with van der Waals surface area (Å²) in [6.07, 6.45) is -4.17. The predicted octanol–water partition coefficient (Wildman–Crippen LogP) is -13.9. The molecule has 64 heavy (non-hydrogen) atoms. The third-order valence-corrected chi connectivity index (χ3v) is 0.417. The monoisotopic (exact) mass is 1260 g/mol. The Morgan fingerprint density at radius 2 is 0.172 bits per heavy atom. The predicted molar refractivity (Wildman–Crippen MR) is 200 cm³/mol. The van der Waals surface area contributed by atoms with Gasteiger partial charge in [-0.1, -0.05) is 138 Å². The molecule has 24 heteroatoms. The molecule has 0 spiro atoms. The summed E-state index contributed by atoms with van der Waals surface area (Å²) in [6.45, 7) is 27.4. The zero-order chi connectivity index (χ0) is 52.8. The first-order valence-electron chi connectivity index (χ1n) is 19.3. The van der Waals surface area contributed by atoms with E-state index in [0.717, 1.165) is 0 Å². The fourth-order valence-electron chi connectivity index (χ4n) is 0. The van der Waals surface area contributed by atoms with Gasteiger partial charge in [-0.25, -0.2) is 0 Å². The van der Waals surface area contributed by atoms with Crippen LogP contribution in [0, 0.1) is 0 Å². The van der Waals surface area contributed by atoms with Crippen molar-refractivity contribution >= 4 is 0 Å². The van der Waals surface area contributed by atoms with E-state index in [-0.39, 0.29) is 89.5 Å². The fraction of sp³-hybridized carbons (Fsp3) is 1.00. The van der Waals surface area contributed by atoms with Gasteiger partial charge in [0, 0.05) is 0 Å². The van der Waals surface area contributed by atoms with E-state index in [1.165, 1.54) is 0 Å². The van der Waals surface area contributed by atoms with Crippen molar-refractivity contribution in [3.63, 3.8) is 0 Å². The summed E-state index contributed by atoms with van der Waals surface area (Å²) in [7, 11) is 0. The molecule has 0 atom stereocenters. The van der Waals surface area contributed by atoms with Crippen LogP contribution in [0.4, 0.5) is 0 Å². The van der Waals surface area contributed by atoms with Crippen LogP contribution < -0.4 is 102 Å². The van der Waals surface area contributed by atoms with Gasteiger partial charge in [0.15, 0.2) is 0 Å². The molecule has 0 aromatic rings. The molecule has 0 N–H and O–H groups in total. The number of rotatable bonds is 5. The molecule has 390 valence electrons. The minimum absolute atomic E-state index is 0. The van der Waals surface area contributed by atoms with Gasteiger partial charge in [-0.15, -0.1) is 61.0 Å². The van der Waals surface area contributed by atoms with Gasteiger partial charge in [-0.05, 0) is 0 Å². The topological polar surface area (TPSA) is 461 Å². The van der Waals surface area contributed by atoms with Crippen LogP contribution in [0.25, 0.3) is 0 Å². The van der Waals surface area contributed by atoms with Gasteiger partial charge in [0.1, 0.15) is 0 Å². The Balaban J connectivity index is -0.0000000199. The van der Waals surface area contributed by atoms with Gasteiger partial charge in [0.25, 0.3) is 0 Å². The Hall–Kier alpha value is 2.16. The van der Waals surface area contributed by atoms with Crippen LogP contribution in [0.3, 0.4) is 0 Å². The van der Waals surface area contributed by atoms with Gasteiger partial charge in [-0.3, -0.25) is 0 Å². The molecule has 0 saturated carbocycles. The minimum atomic E-state index is -0.486. The minimum Gasteiger partial charge on any atom is -0.855 e. The summed E-state index contributed by atoms with van der Waals surface area (Å²) in [4.78, 5) is 0. The van der Waals surface area contributed by atoms with E-state index in [2.05, 4.69) is 0 Å².